The minimum Gasteiger partial charge on any atom is -0.494 e. The van der Waals surface area contributed by atoms with E-state index in [4.69, 9.17) is 16.3 Å². The molecule has 0 radical (unpaired) electrons. The highest BCUT2D eigenvalue weighted by Crippen LogP contribution is 2.22. The van der Waals surface area contributed by atoms with Gasteiger partial charge in [0.25, 0.3) is 0 Å². The van der Waals surface area contributed by atoms with Crippen molar-refractivity contribution >= 4 is 29.0 Å². The number of hydrogen-bond acceptors (Lipinski definition) is 3. The number of carbonyl (C=O) groups excluding carboxylic acids is 1. The average molecular weight is 418 g/mol. The van der Waals surface area contributed by atoms with Gasteiger partial charge in [-0.05, 0) is 55.8 Å². The summed E-state index contributed by atoms with van der Waals surface area (Å²) in [4.78, 5) is 16.0. The van der Waals surface area contributed by atoms with Gasteiger partial charge in [0.2, 0.25) is 0 Å². The number of quaternary nitrogens is 1. The van der Waals surface area contributed by atoms with Gasteiger partial charge >= 0.3 is 6.03 Å². The van der Waals surface area contributed by atoms with Gasteiger partial charge in [-0.1, -0.05) is 17.7 Å². The number of aryl methyl sites for hydroxylation is 1. The van der Waals surface area contributed by atoms with E-state index in [1.807, 2.05) is 38.1 Å². The van der Waals surface area contributed by atoms with E-state index in [1.54, 1.807) is 6.07 Å². The van der Waals surface area contributed by atoms with Crippen LogP contribution in [0.3, 0.4) is 0 Å². The first-order valence-corrected chi connectivity index (χ1v) is 10.6. The summed E-state index contributed by atoms with van der Waals surface area (Å²) in [5.74, 6) is 0.914. The zero-order chi connectivity index (χ0) is 20.6. The van der Waals surface area contributed by atoms with Gasteiger partial charge in [-0.2, -0.15) is 0 Å². The van der Waals surface area contributed by atoms with Crippen molar-refractivity contribution < 1.29 is 14.4 Å². The number of piperazine rings is 1. The maximum absolute atomic E-state index is 12.1. The molecule has 1 saturated heterocycles. The van der Waals surface area contributed by atoms with Gasteiger partial charge in [0, 0.05) is 5.69 Å². The molecule has 0 bridgehead atoms. The van der Waals surface area contributed by atoms with Gasteiger partial charge in [-0.15, -0.1) is 0 Å². The van der Waals surface area contributed by atoms with Crippen LogP contribution < -0.4 is 25.2 Å². The van der Waals surface area contributed by atoms with Crippen molar-refractivity contribution in [3.05, 3.63) is 53.1 Å². The lowest BCUT2D eigenvalue weighted by Crippen LogP contribution is -3.15. The monoisotopic (exact) mass is 417 g/mol. The predicted octanol–water partition coefficient (Wildman–Crippen LogP) is 2.57. The lowest BCUT2D eigenvalue weighted by molar-refractivity contribution is -0.899. The molecule has 156 valence electrons. The first kappa shape index (κ1) is 21.3. The third-order valence-corrected chi connectivity index (χ3v) is 5.45. The van der Waals surface area contributed by atoms with Crippen LogP contribution in [0.2, 0.25) is 5.02 Å². The SMILES string of the molecule is CCOc1ccc(N2CC[NH+](CCNC(=O)Nc3cc(C)ccc3Cl)CC2)cc1. The second kappa shape index (κ2) is 10.4. The number of amides is 2. The summed E-state index contributed by atoms with van der Waals surface area (Å²) in [6.07, 6.45) is 0. The number of benzene rings is 2. The van der Waals surface area contributed by atoms with Gasteiger partial charge in [0.15, 0.2) is 0 Å². The first-order chi connectivity index (χ1) is 14.0. The maximum atomic E-state index is 12.1. The van der Waals surface area contributed by atoms with E-state index in [9.17, 15) is 4.79 Å². The fourth-order valence-electron chi connectivity index (χ4n) is 3.51. The number of hydrogen-bond donors (Lipinski definition) is 3. The van der Waals surface area contributed by atoms with E-state index in [0.29, 0.717) is 23.9 Å². The fourth-order valence-corrected chi connectivity index (χ4v) is 3.67. The Balaban J connectivity index is 1.37. The molecule has 1 heterocycles. The van der Waals surface area contributed by atoms with Gasteiger partial charge in [0.1, 0.15) is 5.75 Å². The van der Waals surface area contributed by atoms with Crippen molar-refractivity contribution in [1.29, 1.82) is 0 Å². The van der Waals surface area contributed by atoms with Crippen LogP contribution in [0.15, 0.2) is 42.5 Å². The van der Waals surface area contributed by atoms with Crippen molar-refractivity contribution in [2.24, 2.45) is 0 Å². The van der Waals surface area contributed by atoms with Crippen LogP contribution in [0.25, 0.3) is 0 Å². The highest BCUT2D eigenvalue weighted by molar-refractivity contribution is 6.33. The molecular formula is C22H30ClN4O2+. The predicted molar refractivity (Wildman–Crippen MR) is 119 cm³/mol. The Kier molecular flexibility index (Phi) is 7.61. The molecule has 2 aromatic carbocycles. The van der Waals surface area contributed by atoms with Crippen molar-refractivity contribution in [2.45, 2.75) is 13.8 Å². The minimum absolute atomic E-state index is 0.218. The fraction of sp³-hybridized carbons (Fsp3) is 0.409. The molecule has 0 saturated carbocycles. The summed E-state index contributed by atoms with van der Waals surface area (Å²) >= 11 is 6.13. The molecule has 1 fully saturated rings. The van der Waals surface area contributed by atoms with Gasteiger partial charge < -0.3 is 25.2 Å². The summed E-state index contributed by atoms with van der Waals surface area (Å²) < 4.78 is 5.51. The molecule has 0 aliphatic carbocycles. The minimum atomic E-state index is -0.218. The molecule has 7 heteroatoms. The molecule has 2 amide bonds. The number of nitrogens with one attached hydrogen (secondary N) is 3. The molecule has 0 atom stereocenters. The molecule has 0 spiro atoms. The van der Waals surface area contributed by atoms with Crippen LogP contribution in [-0.2, 0) is 0 Å². The highest BCUT2D eigenvalue weighted by atomic mass is 35.5. The second-order valence-corrected chi connectivity index (χ2v) is 7.69. The lowest BCUT2D eigenvalue weighted by Gasteiger charge is -2.33. The third kappa shape index (κ3) is 6.27. The Hall–Kier alpha value is -2.44. The standard InChI is InChI=1S/C22H29ClN4O2/c1-3-29-19-7-5-18(6-8-19)27-14-12-26(13-15-27)11-10-24-22(28)25-21-16-17(2)4-9-20(21)23/h4-9,16H,3,10-15H2,1-2H3,(H2,24,25,28)/p+1. The molecule has 1 aliphatic heterocycles. The number of anilines is 2. The van der Waals surface area contributed by atoms with E-state index in [1.165, 1.54) is 10.6 Å². The Morgan fingerprint density at radius 3 is 2.59 bits per heavy atom. The molecule has 3 N–H and O–H groups in total. The largest absolute Gasteiger partial charge is 0.494 e. The number of urea groups is 1. The number of nitrogens with zero attached hydrogens (tertiary/aromatic N) is 1. The van der Waals surface area contributed by atoms with Crippen LogP contribution in [0.1, 0.15) is 12.5 Å². The Labute approximate surface area is 177 Å². The molecule has 3 rings (SSSR count). The van der Waals surface area contributed by atoms with Gasteiger partial charge in [-0.25, -0.2) is 4.79 Å². The molecule has 0 aromatic heterocycles. The number of ether oxygens (including phenoxy) is 1. The highest BCUT2D eigenvalue weighted by Gasteiger charge is 2.20. The van der Waals surface area contributed by atoms with Crippen molar-refractivity contribution in [1.82, 2.24) is 5.32 Å². The number of halogens is 1. The average Bonchev–Trinajstić information content (AvgIpc) is 2.72. The molecule has 29 heavy (non-hydrogen) atoms. The molecule has 2 aromatic rings. The van der Waals surface area contributed by atoms with E-state index >= 15 is 0 Å². The summed E-state index contributed by atoms with van der Waals surface area (Å²) in [6, 6.07) is 13.7. The number of rotatable bonds is 7. The summed E-state index contributed by atoms with van der Waals surface area (Å²) in [5, 5.41) is 6.29. The third-order valence-electron chi connectivity index (χ3n) is 5.12. The second-order valence-electron chi connectivity index (χ2n) is 7.28. The van der Waals surface area contributed by atoms with Crippen molar-refractivity contribution in [3.8, 4) is 5.75 Å². The zero-order valence-corrected chi connectivity index (χ0v) is 17.9. The molecule has 0 unspecified atom stereocenters. The summed E-state index contributed by atoms with van der Waals surface area (Å²) in [6.45, 7) is 10.3. The maximum Gasteiger partial charge on any atom is 0.319 e. The van der Waals surface area contributed by atoms with Gasteiger partial charge in [0.05, 0.1) is 56.6 Å². The van der Waals surface area contributed by atoms with Crippen molar-refractivity contribution in [3.63, 3.8) is 0 Å². The lowest BCUT2D eigenvalue weighted by atomic mass is 10.2. The topological polar surface area (TPSA) is 58.0 Å². The molecule has 6 nitrogen and oxygen atoms in total. The van der Waals surface area contributed by atoms with Crippen LogP contribution in [0.5, 0.6) is 5.75 Å². The van der Waals surface area contributed by atoms with Crippen LogP contribution >= 0.6 is 11.6 Å². The van der Waals surface area contributed by atoms with E-state index in [-0.39, 0.29) is 6.03 Å². The molecule has 1 aliphatic rings. The van der Waals surface area contributed by atoms with E-state index in [0.717, 1.165) is 44.0 Å². The van der Waals surface area contributed by atoms with Crippen LogP contribution in [-0.4, -0.2) is 51.9 Å². The quantitative estimate of drug-likeness (QED) is 0.649. The van der Waals surface area contributed by atoms with Gasteiger partial charge in [-0.3, -0.25) is 0 Å². The number of carbonyl (C=O) groups is 1. The Morgan fingerprint density at radius 1 is 1.17 bits per heavy atom. The summed E-state index contributed by atoms with van der Waals surface area (Å²) in [5.41, 5.74) is 2.93. The normalized spacial score (nSPS) is 14.5. The first-order valence-electron chi connectivity index (χ1n) is 10.2. The summed E-state index contributed by atoms with van der Waals surface area (Å²) in [7, 11) is 0. The van der Waals surface area contributed by atoms with E-state index < -0.39 is 0 Å². The zero-order valence-electron chi connectivity index (χ0n) is 17.1. The van der Waals surface area contributed by atoms with Crippen LogP contribution in [0, 0.1) is 6.92 Å². The van der Waals surface area contributed by atoms with Crippen LogP contribution in [0.4, 0.5) is 16.2 Å². The van der Waals surface area contributed by atoms with E-state index in [2.05, 4.69) is 27.7 Å². The Morgan fingerprint density at radius 2 is 1.90 bits per heavy atom. The Bertz CT molecular complexity index is 805. The smallest absolute Gasteiger partial charge is 0.319 e. The molecular weight excluding hydrogens is 388 g/mol. The van der Waals surface area contributed by atoms with Crippen molar-refractivity contribution in [2.75, 3.05) is 56.1 Å².